The van der Waals surface area contributed by atoms with Crippen molar-refractivity contribution in [1.82, 2.24) is 25.5 Å². The van der Waals surface area contributed by atoms with Gasteiger partial charge in [-0.3, -0.25) is 9.59 Å². The predicted octanol–water partition coefficient (Wildman–Crippen LogP) is 5.64. The first-order valence-electron chi connectivity index (χ1n) is 15.1. The van der Waals surface area contributed by atoms with Crippen LogP contribution < -0.4 is 10.6 Å². The van der Waals surface area contributed by atoms with Crippen molar-refractivity contribution in [2.75, 3.05) is 13.1 Å². The Bertz CT molecular complexity index is 1660. The molecule has 1 aliphatic rings. The Morgan fingerprint density at radius 2 is 1.78 bits per heavy atom. The van der Waals surface area contributed by atoms with Gasteiger partial charge in [-0.25, -0.2) is 9.97 Å². The SMILES string of the molecule is Cc1cc(C(=O)N[C@@H](Cc2ccccc2)[C@H](O)CNCc2cccc(C(F)(F)F)c2)cc(C(=O)N2CCC[C@@H]2c2nc(C)cs2)n1. The Morgan fingerprint density at radius 1 is 1.02 bits per heavy atom. The van der Waals surface area contributed by atoms with E-state index in [9.17, 15) is 27.9 Å². The van der Waals surface area contributed by atoms with Gasteiger partial charge in [0.1, 0.15) is 10.7 Å². The number of carbonyl (C=O) groups excluding carboxylic acids is 2. The van der Waals surface area contributed by atoms with E-state index >= 15 is 0 Å². The molecule has 2 amide bonds. The summed E-state index contributed by atoms with van der Waals surface area (Å²) in [6, 6.07) is 16.5. The Balaban J connectivity index is 1.29. The highest BCUT2D eigenvalue weighted by molar-refractivity contribution is 7.09. The van der Waals surface area contributed by atoms with Gasteiger partial charge in [0, 0.05) is 42.0 Å². The third-order valence-corrected chi connectivity index (χ3v) is 8.95. The molecule has 12 heteroatoms. The van der Waals surface area contributed by atoms with E-state index in [1.165, 1.54) is 23.5 Å². The second-order valence-corrected chi connectivity index (χ2v) is 12.4. The number of likely N-dealkylation sites (tertiary alicyclic amines) is 1. The molecular formula is C34H36F3N5O3S. The molecule has 46 heavy (non-hydrogen) atoms. The molecule has 5 rings (SSSR count). The monoisotopic (exact) mass is 651 g/mol. The maximum atomic E-state index is 13.6. The zero-order valence-corrected chi connectivity index (χ0v) is 26.4. The Labute approximate surface area is 269 Å². The minimum atomic E-state index is -4.45. The van der Waals surface area contributed by atoms with E-state index in [-0.39, 0.29) is 36.3 Å². The molecule has 2 aromatic carbocycles. The molecule has 0 radical (unpaired) electrons. The first-order chi connectivity index (χ1) is 22.0. The minimum Gasteiger partial charge on any atom is -0.390 e. The zero-order chi connectivity index (χ0) is 32.8. The van der Waals surface area contributed by atoms with E-state index in [1.807, 2.05) is 42.6 Å². The Morgan fingerprint density at radius 3 is 2.50 bits per heavy atom. The fourth-order valence-electron chi connectivity index (χ4n) is 5.62. The molecule has 4 aromatic rings. The number of carbonyl (C=O) groups is 2. The summed E-state index contributed by atoms with van der Waals surface area (Å²) in [5.41, 5.74) is 2.35. The molecule has 0 spiro atoms. The van der Waals surface area contributed by atoms with Gasteiger partial charge in [0.15, 0.2) is 0 Å². The predicted molar refractivity (Wildman–Crippen MR) is 169 cm³/mol. The quantitative estimate of drug-likeness (QED) is 0.194. The lowest BCUT2D eigenvalue weighted by Gasteiger charge is -2.25. The third-order valence-electron chi connectivity index (χ3n) is 7.89. The number of nitrogens with zero attached hydrogens (tertiary/aromatic N) is 3. The Hall–Kier alpha value is -4.13. The lowest BCUT2D eigenvalue weighted by Crippen LogP contribution is -2.48. The standard InChI is InChI=1S/C34H36F3N5O3S/c1-21-14-25(17-28(39-21)33(45)42-13-7-12-29(42)32-40-22(2)20-46-32)31(44)41-27(16-23-8-4-3-5-9-23)30(43)19-38-18-24-10-6-11-26(15-24)34(35,36)37/h3-6,8-11,14-15,17,20,27,29-30,38,43H,7,12-13,16,18-19H2,1-2H3,(H,41,44)/t27-,29+,30+/m0/s1. The fraction of sp³-hybridized carbons (Fsp3) is 0.353. The minimum absolute atomic E-state index is 0.0136. The normalized spacial score (nSPS) is 16.3. The second-order valence-electron chi connectivity index (χ2n) is 11.5. The van der Waals surface area contributed by atoms with E-state index in [0.29, 0.717) is 24.2 Å². The van der Waals surface area contributed by atoms with Crippen molar-refractivity contribution in [2.45, 2.75) is 64.0 Å². The van der Waals surface area contributed by atoms with Gasteiger partial charge in [-0.05, 0) is 62.4 Å². The summed E-state index contributed by atoms with van der Waals surface area (Å²) in [7, 11) is 0. The second kappa shape index (κ2) is 14.5. The van der Waals surface area contributed by atoms with Crippen LogP contribution in [0.2, 0.25) is 0 Å². The van der Waals surface area contributed by atoms with Gasteiger partial charge in [-0.15, -0.1) is 11.3 Å². The molecule has 3 N–H and O–H groups in total. The average Bonchev–Trinajstić information content (AvgIpc) is 3.69. The van der Waals surface area contributed by atoms with Crippen LogP contribution in [0.1, 0.15) is 72.8 Å². The first-order valence-corrected chi connectivity index (χ1v) is 16.0. The number of aryl methyl sites for hydroxylation is 2. The van der Waals surface area contributed by atoms with Crippen molar-refractivity contribution >= 4 is 23.2 Å². The molecule has 1 fully saturated rings. The molecule has 8 nitrogen and oxygen atoms in total. The first kappa shape index (κ1) is 33.2. The van der Waals surface area contributed by atoms with Gasteiger partial charge in [-0.1, -0.05) is 48.5 Å². The molecule has 1 saturated heterocycles. The molecule has 0 bridgehead atoms. The summed E-state index contributed by atoms with van der Waals surface area (Å²) >= 11 is 1.53. The van der Waals surface area contributed by atoms with E-state index in [0.717, 1.165) is 41.2 Å². The van der Waals surface area contributed by atoms with Gasteiger partial charge in [-0.2, -0.15) is 13.2 Å². The van der Waals surface area contributed by atoms with Crippen molar-refractivity contribution in [3.05, 3.63) is 116 Å². The largest absolute Gasteiger partial charge is 0.416 e. The van der Waals surface area contributed by atoms with Crippen LogP contribution in [-0.2, 0) is 19.1 Å². The number of alkyl halides is 3. The van der Waals surface area contributed by atoms with Gasteiger partial charge >= 0.3 is 6.18 Å². The number of rotatable bonds is 11. The van der Waals surface area contributed by atoms with Crippen molar-refractivity contribution < 1.29 is 27.9 Å². The number of aromatic nitrogens is 2. The van der Waals surface area contributed by atoms with E-state index in [4.69, 9.17) is 0 Å². The number of hydrogen-bond donors (Lipinski definition) is 3. The highest BCUT2D eigenvalue weighted by atomic mass is 32.1. The van der Waals surface area contributed by atoms with Crippen LogP contribution in [0, 0.1) is 13.8 Å². The number of benzene rings is 2. The van der Waals surface area contributed by atoms with Crippen LogP contribution in [0.4, 0.5) is 13.2 Å². The van der Waals surface area contributed by atoms with Crippen molar-refractivity contribution in [2.24, 2.45) is 0 Å². The molecule has 3 heterocycles. The molecular weight excluding hydrogens is 615 g/mol. The molecule has 0 aliphatic carbocycles. The third kappa shape index (κ3) is 8.36. The van der Waals surface area contributed by atoms with Crippen LogP contribution in [0.5, 0.6) is 0 Å². The summed E-state index contributed by atoms with van der Waals surface area (Å²) in [4.78, 5) is 38.0. The van der Waals surface area contributed by atoms with Crippen molar-refractivity contribution in [1.29, 1.82) is 0 Å². The van der Waals surface area contributed by atoms with Crippen molar-refractivity contribution in [3.63, 3.8) is 0 Å². The smallest absolute Gasteiger partial charge is 0.390 e. The van der Waals surface area contributed by atoms with Crippen LogP contribution in [0.3, 0.4) is 0 Å². The molecule has 3 atom stereocenters. The molecule has 0 unspecified atom stereocenters. The zero-order valence-electron chi connectivity index (χ0n) is 25.6. The number of amides is 2. The molecule has 242 valence electrons. The molecule has 1 aliphatic heterocycles. The van der Waals surface area contributed by atoms with Crippen LogP contribution in [0.25, 0.3) is 0 Å². The summed E-state index contributed by atoms with van der Waals surface area (Å²) in [6.45, 7) is 4.31. The lowest BCUT2D eigenvalue weighted by atomic mass is 10.00. The maximum absolute atomic E-state index is 13.6. The Kier molecular flexibility index (Phi) is 10.5. The topological polar surface area (TPSA) is 107 Å². The van der Waals surface area contributed by atoms with E-state index in [1.54, 1.807) is 24.0 Å². The van der Waals surface area contributed by atoms with Crippen LogP contribution in [0.15, 0.2) is 72.1 Å². The number of thiazole rings is 1. The van der Waals surface area contributed by atoms with Gasteiger partial charge in [0.05, 0.1) is 23.8 Å². The fourth-order valence-corrected chi connectivity index (χ4v) is 6.56. The lowest BCUT2D eigenvalue weighted by molar-refractivity contribution is -0.137. The van der Waals surface area contributed by atoms with E-state index < -0.39 is 29.8 Å². The van der Waals surface area contributed by atoms with Gasteiger partial charge in [0.2, 0.25) is 0 Å². The summed E-state index contributed by atoms with van der Waals surface area (Å²) < 4.78 is 39.4. The summed E-state index contributed by atoms with van der Waals surface area (Å²) in [5, 5.41) is 19.9. The van der Waals surface area contributed by atoms with Gasteiger partial charge in [0.25, 0.3) is 11.8 Å². The molecule has 2 aromatic heterocycles. The highest BCUT2D eigenvalue weighted by Crippen LogP contribution is 2.35. The van der Waals surface area contributed by atoms with Crippen LogP contribution >= 0.6 is 11.3 Å². The highest BCUT2D eigenvalue weighted by Gasteiger charge is 2.34. The number of halogens is 3. The van der Waals surface area contributed by atoms with E-state index in [2.05, 4.69) is 20.6 Å². The number of hydrogen-bond acceptors (Lipinski definition) is 7. The molecule has 0 saturated carbocycles. The van der Waals surface area contributed by atoms with Gasteiger partial charge < -0.3 is 20.6 Å². The van der Waals surface area contributed by atoms with Crippen LogP contribution in [-0.4, -0.2) is 57.0 Å². The summed E-state index contributed by atoms with van der Waals surface area (Å²) in [6.07, 6.45) is -3.58. The van der Waals surface area contributed by atoms with Crippen molar-refractivity contribution in [3.8, 4) is 0 Å². The maximum Gasteiger partial charge on any atom is 0.416 e. The number of aliphatic hydroxyl groups excluding tert-OH is 1. The average molecular weight is 652 g/mol. The number of nitrogens with one attached hydrogen (secondary N) is 2. The number of pyridine rings is 1. The summed E-state index contributed by atoms with van der Waals surface area (Å²) in [5.74, 6) is -0.751. The number of aliphatic hydroxyl groups is 1.